The third-order valence-corrected chi connectivity index (χ3v) is 3.43. The molecular formula is C11H8Br2N2O2. The van der Waals surface area contributed by atoms with E-state index < -0.39 is 5.97 Å². The molecule has 17 heavy (non-hydrogen) atoms. The maximum absolute atomic E-state index is 10.8. The number of carboxylic acid groups (broad SMARTS) is 1. The van der Waals surface area contributed by atoms with Crippen LogP contribution in [0.1, 0.15) is 16.1 Å². The number of hydrogen-bond donors (Lipinski definition) is 1. The second-order valence-electron chi connectivity index (χ2n) is 3.55. The lowest BCUT2D eigenvalue weighted by atomic mass is 10.2. The molecule has 88 valence electrons. The van der Waals surface area contributed by atoms with E-state index in [0.717, 1.165) is 20.2 Å². The molecule has 1 heterocycles. The van der Waals surface area contributed by atoms with Crippen molar-refractivity contribution in [3.63, 3.8) is 0 Å². The molecule has 0 saturated carbocycles. The van der Waals surface area contributed by atoms with Crippen LogP contribution >= 0.6 is 31.9 Å². The average Bonchev–Trinajstić information content (AvgIpc) is 2.65. The molecule has 2 aromatic rings. The van der Waals surface area contributed by atoms with Gasteiger partial charge in [0.15, 0.2) is 5.69 Å². The van der Waals surface area contributed by atoms with Crippen LogP contribution in [0.15, 0.2) is 33.6 Å². The van der Waals surface area contributed by atoms with Crippen LogP contribution in [0.4, 0.5) is 0 Å². The molecule has 4 nitrogen and oxygen atoms in total. The highest BCUT2D eigenvalue weighted by Crippen LogP contribution is 2.30. The van der Waals surface area contributed by atoms with Gasteiger partial charge in [0.05, 0.1) is 5.69 Å². The third-order valence-electron chi connectivity index (χ3n) is 2.22. The molecule has 0 bridgehead atoms. The number of benzene rings is 1. The van der Waals surface area contributed by atoms with Crippen LogP contribution < -0.4 is 0 Å². The van der Waals surface area contributed by atoms with Crippen molar-refractivity contribution < 1.29 is 9.90 Å². The molecule has 0 unspecified atom stereocenters. The smallest absolute Gasteiger partial charge is 0.356 e. The normalized spacial score (nSPS) is 10.5. The molecule has 0 fully saturated rings. The number of hydrogen-bond acceptors (Lipinski definition) is 2. The van der Waals surface area contributed by atoms with Gasteiger partial charge in [-0.05, 0) is 56.5 Å². The highest BCUT2D eigenvalue weighted by molar-refractivity contribution is 9.11. The summed E-state index contributed by atoms with van der Waals surface area (Å²) in [7, 11) is 0. The first-order valence-corrected chi connectivity index (χ1v) is 6.31. The summed E-state index contributed by atoms with van der Waals surface area (Å²) >= 11 is 6.91. The lowest BCUT2D eigenvalue weighted by Crippen LogP contribution is -1.97. The van der Waals surface area contributed by atoms with E-state index in [1.54, 1.807) is 4.57 Å². The van der Waals surface area contributed by atoms with Crippen molar-refractivity contribution in [2.45, 2.75) is 6.92 Å². The van der Waals surface area contributed by atoms with E-state index in [9.17, 15) is 4.79 Å². The Labute approximate surface area is 115 Å². The number of imidazole rings is 1. The second kappa shape index (κ2) is 4.62. The van der Waals surface area contributed by atoms with Crippen molar-refractivity contribution in [1.82, 2.24) is 9.55 Å². The summed E-state index contributed by atoms with van der Waals surface area (Å²) in [6.45, 7) is 1.98. The van der Waals surface area contributed by atoms with Crippen LogP contribution in [-0.2, 0) is 0 Å². The van der Waals surface area contributed by atoms with Crippen molar-refractivity contribution >= 4 is 37.8 Å². The maximum atomic E-state index is 10.8. The third kappa shape index (κ3) is 2.42. The van der Waals surface area contributed by atoms with E-state index in [1.165, 1.54) is 12.5 Å². The monoisotopic (exact) mass is 358 g/mol. The largest absolute Gasteiger partial charge is 0.476 e. The summed E-state index contributed by atoms with van der Waals surface area (Å²) in [5.41, 5.74) is 1.95. The molecule has 1 aromatic heterocycles. The fraction of sp³-hybridized carbons (Fsp3) is 0.0909. The molecule has 0 aliphatic rings. The molecule has 0 amide bonds. The van der Waals surface area contributed by atoms with Gasteiger partial charge in [-0.2, -0.15) is 0 Å². The molecule has 1 N–H and O–H groups in total. The second-order valence-corrected chi connectivity index (χ2v) is 5.26. The fourth-order valence-corrected chi connectivity index (χ4v) is 3.32. The summed E-state index contributed by atoms with van der Waals surface area (Å²) in [5, 5.41) is 8.83. The zero-order valence-electron chi connectivity index (χ0n) is 8.82. The van der Waals surface area contributed by atoms with Crippen LogP contribution in [0.3, 0.4) is 0 Å². The van der Waals surface area contributed by atoms with Gasteiger partial charge in [0, 0.05) is 15.1 Å². The number of rotatable bonds is 2. The number of aromatic nitrogens is 2. The predicted molar refractivity (Wildman–Crippen MR) is 70.7 cm³/mol. The molecule has 0 atom stereocenters. The van der Waals surface area contributed by atoms with E-state index in [1.807, 2.05) is 19.1 Å². The summed E-state index contributed by atoms with van der Waals surface area (Å²) in [6.07, 6.45) is 2.95. The van der Waals surface area contributed by atoms with Gasteiger partial charge < -0.3 is 9.67 Å². The van der Waals surface area contributed by atoms with Gasteiger partial charge in [0.2, 0.25) is 0 Å². The van der Waals surface area contributed by atoms with Gasteiger partial charge >= 0.3 is 5.97 Å². The predicted octanol–water partition coefficient (Wildman–Crippen LogP) is 3.40. The zero-order chi connectivity index (χ0) is 12.6. The number of nitrogens with zero attached hydrogens (tertiary/aromatic N) is 2. The fourth-order valence-electron chi connectivity index (χ4n) is 1.49. The minimum absolute atomic E-state index is 0.0179. The van der Waals surface area contributed by atoms with Crippen molar-refractivity contribution in [2.24, 2.45) is 0 Å². The van der Waals surface area contributed by atoms with Crippen LogP contribution in [0.25, 0.3) is 5.69 Å². The number of halogens is 2. The number of aryl methyl sites for hydroxylation is 1. The number of carboxylic acids is 1. The lowest BCUT2D eigenvalue weighted by molar-refractivity contribution is 0.0691. The molecule has 6 heteroatoms. The van der Waals surface area contributed by atoms with Crippen molar-refractivity contribution in [3.05, 3.63) is 44.9 Å². The topological polar surface area (TPSA) is 55.1 Å². The molecule has 0 saturated heterocycles. The first-order chi connectivity index (χ1) is 7.99. The Hall–Kier alpha value is -1.14. The SMILES string of the molecule is Cc1cc(Br)c(-n2cnc(C(=O)O)c2)c(Br)c1. The van der Waals surface area contributed by atoms with Gasteiger partial charge in [0.25, 0.3) is 0 Å². The van der Waals surface area contributed by atoms with Crippen LogP contribution in [0.5, 0.6) is 0 Å². The Morgan fingerprint density at radius 3 is 2.41 bits per heavy atom. The van der Waals surface area contributed by atoms with E-state index >= 15 is 0 Å². The Morgan fingerprint density at radius 2 is 1.94 bits per heavy atom. The minimum Gasteiger partial charge on any atom is -0.476 e. The summed E-state index contributed by atoms with van der Waals surface area (Å²) in [6, 6.07) is 3.92. The van der Waals surface area contributed by atoms with Crippen LogP contribution in [0, 0.1) is 6.92 Å². The Kier molecular flexibility index (Phi) is 3.35. The lowest BCUT2D eigenvalue weighted by Gasteiger charge is -2.09. The number of aromatic carboxylic acids is 1. The Balaban J connectivity index is 2.56. The van der Waals surface area contributed by atoms with E-state index in [2.05, 4.69) is 36.8 Å². The molecular weight excluding hydrogens is 352 g/mol. The standard InChI is InChI=1S/C11H8Br2N2O2/c1-6-2-7(12)10(8(13)3-6)15-4-9(11(16)17)14-5-15/h2-5H,1H3,(H,16,17). The van der Waals surface area contributed by atoms with E-state index in [4.69, 9.17) is 5.11 Å². The first-order valence-electron chi connectivity index (χ1n) is 4.72. The van der Waals surface area contributed by atoms with Gasteiger partial charge in [0.1, 0.15) is 6.33 Å². The molecule has 0 aliphatic carbocycles. The van der Waals surface area contributed by atoms with Crippen LogP contribution in [0.2, 0.25) is 0 Å². The first kappa shape index (κ1) is 12.3. The molecule has 0 spiro atoms. The summed E-state index contributed by atoms with van der Waals surface area (Å²) < 4.78 is 3.41. The number of carbonyl (C=O) groups is 1. The highest BCUT2D eigenvalue weighted by atomic mass is 79.9. The zero-order valence-corrected chi connectivity index (χ0v) is 12.0. The molecule has 1 aromatic carbocycles. The molecule has 0 radical (unpaired) electrons. The van der Waals surface area contributed by atoms with Crippen molar-refractivity contribution in [3.8, 4) is 5.69 Å². The van der Waals surface area contributed by atoms with E-state index in [0.29, 0.717) is 0 Å². The molecule has 2 rings (SSSR count). The highest BCUT2D eigenvalue weighted by Gasteiger charge is 2.12. The minimum atomic E-state index is -1.04. The van der Waals surface area contributed by atoms with Gasteiger partial charge in [-0.3, -0.25) is 0 Å². The Bertz CT molecular complexity index is 570. The van der Waals surface area contributed by atoms with Crippen molar-refractivity contribution in [2.75, 3.05) is 0 Å². The molecule has 0 aliphatic heterocycles. The van der Waals surface area contributed by atoms with E-state index in [-0.39, 0.29) is 5.69 Å². The van der Waals surface area contributed by atoms with Gasteiger partial charge in [-0.25, -0.2) is 9.78 Å². The quantitative estimate of drug-likeness (QED) is 0.893. The van der Waals surface area contributed by atoms with Gasteiger partial charge in [-0.15, -0.1) is 0 Å². The summed E-state index contributed by atoms with van der Waals surface area (Å²) in [5.74, 6) is -1.04. The average molecular weight is 360 g/mol. The maximum Gasteiger partial charge on any atom is 0.356 e. The van der Waals surface area contributed by atoms with Crippen LogP contribution in [-0.4, -0.2) is 20.6 Å². The summed E-state index contributed by atoms with van der Waals surface area (Å²) in [4.78, 5) is 14.6. The van der Waals surface area contributed by atoms with Gasteiger partial charge in [-0.1, -0.05) is 0 Å². The van der Waals surface area contributed by atoms with Crippen molar-refractivity contribution in [1.29, 1.82) is 0 Å². The Morgan fingerprint density at radius 1 is 1.35 bits per heavy atom.